The van der Waals surface area contributed by atoms with Crippen molar-refractivity contribution in [2.75, 3.05) is 18.4 Å². The summed E-state index contributed by atoms with van der Waals surface area (Å²) in [6.07, 6.45) is 4.76. The van der Waals surface area contributed by atoms with Gasteiger partial charge in [-0.1, -0.05) is 6.42 Å². The fourth-order valence-corrected chi connectivity index (χ4v) is 3.62. The molecule has 0 radical (unpaired) electrons. The van der Waals surface area contributed by atoms with Crippen LogP contribution in [-0.4, -0.2) is 44.8 Å². The van der Waals surface area contributed by atoms with Crippen LogP contribution in [0.3, 0.4) is 0 Å². The van der Waals surface area contributed by atoms with Crippen molar-refractivity contribution in [3.05, 3.63) is 15.8 Å². The van der Waals surface area contributed by atoms with Crippen LogP contribution in [0.5, 0.6) is 0 Å². The molecule has 3 heterocycles. The summed E-state index contributed by atoms with van der Waals surface area (Å²) in [6, 6.07) is 0.808. The molecule has 1 aromatic heterocycles. The molecule has 2 fully saturated rings. The van der Waals surface area contributed by atoms with E-state index in [1.807, 2.05) is 0 Å². The molecule has 0 aromatic carbocycles. The number of anilines is 1. The van der Waals surface area contributed by atoms with Gasteiger partial charge < -0.3 is 5.32 Å². The number of piperidine rings is 1. The van der Waals surface area contributed by atoms with Crippen LogP contribution in [0.25, 0.3) is 0 Å². The SMILES string of the molecule is Cc1nn(C)c(NC2CCN3CCCCC23)c1[N+](=O)[O-]. The minimum absolute atomic E-state index is 0.113. The summed E-state index contributed by atoms with van der Waals surface area (Å²) in [6.45, 7) is 3.94. The maximum atomic E-state index is 11.2. The van der Waals surface area contributed by atoms with Gasteiger partial charge in [0.15, 0.2) is 0 Å². The molecule has 0 amide bonds. The average Bonchev–Trinajstić information content (AvgIpc) is 2.92. The van der Waals surface area contributed by atoms with Crippen molar-refractivity contribution in [2.24, 2.45) is 7.05 Å². The molecule has 1 N–H and O–H groups in total. The second-order valence-electron chi connectivity index (χ2n) is 5.80. The number of nitrogens with zero attached hydrogens (tertiary/aromatic N) is 4. The first-order valence-corrected chi connectivity index (χ1v) is 7.26. The smallest absolute Gasteiger partial charge is 0.333 e. The molecule has 110 valence electrons. The van der Waals surface area contributed by atoms with Crippen LogP contribution in [0.4, 0.5) is 11.5 Å². The highest BCUT2D eigenvalue weighted by Gasteiger charge is 2.37. The molecule has 1 aromatic rings. The first kappa shape index (κ1) is 13.4. The third kappa shape index (κ3) is 2.15. The van der Waals surface area contributed by atoms with Crippen molar-refractivity contribution in [3.8, 4) is 0 Å². The van der Waals surface area contributed by atoms with E-state index in [1.165, 1.54) is 19.3 Å². The zero-order valence-electron chi connectivity index (χ0n) is 12.0. The molecule has 2 saturated heterocycles. The van der Waals surface area contributed by atoms with Crippen LogP contribution in [-0.2, 0) is 7.05 Å². The van der Waals surface area contributed by atoms with Crippen molar-refractivity contribution in [2.45, 2.75) is 44.7 Å². The van der Waals surface area contributed by atoms with Gasteiger partial charge in [-0.3, -0.25) is 15.0 Å². The zero-order chi connectivity index (χ0) is 14.3. The molecule has 2 unspecified atom stereocenters. The van der Waals surface area contributed by atoms with Crippen LogP contribution in [0.15, 0.2) is 0 Å². The predicted molar refractivity (Wildman–Crippen MR) is 75.8 cm³/mol. The summed E-state index contributed by atoms with van der Waals surface area (Å²) in [5, 5.41) is 18.8. The molecule has 3 rings (SSSR count). The number of nitro groups is 1. The van der Waals surface area contributed by atoms with E-state index >= 15 is 0 Å². The second-order valence-corrected chi connectivity index (χ2v) is 5.80. The number of hydrogen-bond acceptors (Lipinski definition) is 5. The molecule has 0 aliphatic carbocycles. The van der Waals surface area contributed by atoms with Crippen LogP contribution < -0.4 is 5.32 Å². The maximum Gasteiger partial charge on any atom is 0.333 e. The van der Waals surface area contributed by atoms with Gasteiger partial charge in [0.1, 0.15) is 5.69 Å². The molecule has 7 nitrogen and oxygen atoms in total. The Hall–Kier alpha value is -1.63. The predicted octanol–water partition coefficient (Wildman–Crippen LogP) is 1.68. The van der Waals surface area contributed by atoms with E-state index in [4.69, 9.17) is 0 Å². The molecule has 0 saturated carbocycles. The molecule has 7 heteroatoms. The highest BCUT2D eigenvalue weighted by Crippen LogP contribution is 2.33. The third-order valence-corrected chi connectivity index (χ3v) is 4.55. The van der Waals surface area contributed by atoms with Crippen LogP contribution in [0, 0.1) is 17.0 Å². The van der Waals surface area contributed by atoms with E-state index in [2.05, 4.69) is 15.3 Å². The van der Waals surface area contributed by atoms with Gasteiger partial charge in [-0.05, 0) is 32.7 Å². The van der Waals surface area contributed by atoms with Crippen LogP contribution in [0.1, 0.15) is 31.4 Å². The van der Waals surface area contributed by atoms with Gasteiger partial charge in [0.2, 0.25) is 5.82 Å². The lowest BCUT2D eigenvalue weighted by atomic mass is 9.99. The lowest BCUT2D eigenvalue weighted by Gasteiger charge is -2.32. The van der Waals surface area contributed by atoms with E-state index in [-0.39, 0.29) is 10.6 Å². The third-order valence-electron chi connectivity index (χ3n) is 4.55. The van der Waals surface area contributed by atoms with Gasteiger partial charge in [0.25, 0.3) is 0 Å². The Kier molecular flexibility index (Phi) is 3.37. The van der Waals surface area contributed by atoms with Gasteiger partial charge in [-0.2, -0.15) is 5.10 Å². The Morgan fingerprint density at radius 1 is 1.35 bits per heavy atom. The number of nitrogens with one attached hydrogen (secondary N) is 1. The Balaban J connectivity index is 1.83. The van der Waals surface area contributed by atoms with Crippen molar-refractivity contribution < 1.29 is 4.92 Å². The largest absolute Gasteiger partial charge is 0.360 e. The second kappa shape index (κ2) is 5.05. The minimum atomic E-state index is -0.335. The van der Waals surface area contributed by atoms with Gasteiger partial charge in [-0.25, -0.2) is 4.68 Å². The molecular formula is C13H21N5O2. The Bertz CT molecular complexity index is 527. The fraction of sp³-hybridized carbons (Fsp3) is 0.769. The van der Waals surface area contributed by atoms with Crippen LogP contribution in [0.2, 0.25) is 0 Å². The quantitative estimate of drug-likeness (QED) is 0.673. The van der Waals surface area contributed by atoms with E-state index in [9.17, 15) is 10.1 Å². The van der Waals surface area contributed by atoms with E-state index in [0.717, 1.165) is 19.5 Å². The van der Waals surface area contributed by atoms with E-state index < -0.39 is 0 Å². The highest BCUT2D eigenvalue weighted by atomic mass is 16.6. The standard InChI is InChI=1S/C13H21N5O2/c1-9-12(18(19)20)13(16(2)15-9)14-10-6-8-17-7-4-3-5-11(10)17/h10-11,14H,3-8H2,1-2H3. The van der Waals surface area contributed by atoms with Gasteiger partial charge in [0, 0.05) is 25.7 Å². The molecule has 2 atom stereocenters. The lowest BCUT2D eigenvalue weighted by molar-refractivity contribution is -0.384. The topological polar surface area (TPSA) is 76.2 Å². The number of fused-ring (bicyclic) bond motifs is 1. The number of aromatic nitrogens is 2. The van der Waals surface area contributed by atoms with Crippen LogP contribution >= 0.6 is 0 Å². The van der Waals surface area contributed by atoms with E-state index in [1.54, 1.807) is 18.7 Å². The van der Waals surface area contributed by atoms with Crippen molar-refractivity contribution >= 4 is 11.5 Å². The summed E-state index contributed by atoms with van der Waals surface area (Å²) >= 11 is 0. The van der Waals surface area contributed by atoms with E-state index in [0.29, 0.717) is 23.6 Å². The number of aryl methyl sites for hydroxylation is 2. The van der Waals surface area contributed by atoms with Crippen molar-refractivity contribution in [1.29, 1.82) is 0 Å². The summed E-state index contributed by atoms with van der Waals surface area (Å²) in [5.41, 5.74) is 0.584. The van der Waals surface area contributed by atoms with Gasteiger partial charge in [-0.15, -0.1) is 0 Å². The first-order chi connectivity index (χ1) is 9.58. The molecule has 20 heavy (non-hydrogen) atoms. The normalized spacial score (nSPS) is 26.5. The molecule has 0 bridgehead atoms. The number of hydrogen-bond donors (Lipinski definition) is 1. The first-order valence-electron chi connectivity index (χ1n) is 7.26. The molecular weight excluding hydrogens is 258 g/mol. The Morgan fingerprint density at radius 2 is 2.15 bits per heavy atom. The molecule has 2 aliphatic heterocycles. The Labute approximate surface area is 118 Å². The highest BCUT2D eigenvalue weighted by molar-refractivity contribution is 5.60. The minimum Gasteiger partial charge on any atom is -0.360 e. The van der Waals surface area contributed by atoms with Gasteiger partial charge >= 0.3 is 5.69 Å². The summed E-state index contributed by atoms with van der Waals surface area (Å²) in [4.78, 5) is 13.4. The lowest BCUT2D eigenvalue weighted by Crippen LogP contribution is -2.42. The fourth-order valence-electron chi connectivity index (χ4n) is 3.62. The maximum absolute atomic E-state index is 11.2. The summed E-state index contributed by atoms with van der Waals surface area (Å²) in [5.74, 6) is 0.546. The Morgan fingerprint density at radius 3 is 2.90 bits per heavy atom. The average molecular weight is 279 g/mol. The van der Waals surface area contributed by atoms with Gasteiger partial charge in [0.05, 0.1) is 4.92 Å². The van der Waals surface area contributed by atoms with Crippen molar-refractivity contribution in [1.82, 2.24) is 14.7 Å². The monoisotopic (exact) mass is 279 g/mol. The van der Waals surface area contributed by atoms with Crippen molar-refractivity contribution in [3.63, 3.8) is 0 Å². The summed E-state index contributed by atoms with van der Waals surface area (Å²) < 4.78 is 1.60. The summed E-state index contributed by atoms with van der Waals surface area (Å²) in [7, 11) is 1.76. The zero-order valence-corrected chi connectivity index (χ0v) is 12.0. The molecule has 0 spiro atoms. The molecule has 2 aliphatic rings. The number of rotatable bonds is 3.